The monoisotopic (exact) mass is 359 g/mol. The lowest BCUT2D eigenvalue weighted by Gasteiger charge is -2.15. The predicted molar refractivity (Wildman–Crippen MR) is 94.6 cm³/mol. The van der Waals surface area contributed by atoms with Crippen molar-refractivity contribution in [3.63, 3.8) is 0 Å². The number of amides is 1. The average molecular weight is 360 g/mol. The number of carbonyl (C=O) groups is 1. The molecule has 0 saturated carbocycles. The Balaban J connectivity index is 1.71. The second-order valence-corrected chi connectivity index (χ2v) is 7.19. The van der Waals surface area contributed by atoms with Gasteiger partial charge in [0, 0.05) is 24.8 Å². The number of fused-ring (bicyclic) bond motifs is 2. The minimum Gasteiger partial charge on any atom is -0.328 e. The van der Waals surface area contributed by atoms with Gasteiger partial charge in [0.2, 0.25) is 0 Å². The van der Waals surface area contributed by atoms with E-state index in [1.54, 1.807) is 28.1 Å². The number of thiazole rings is 1. The van der Waals surface area contributed by atoms with Crippen molar-refractivity contribution in [3.8, 4) is 0 Å². The minimum atomic E-state index is -0.215. The molecule has 3 aromatic rings. The van der Waals surface area contributed by atoms with E-state index < -0.39 is 0 Å². The number of nitrogens with zero attached hydrogens (tertiary/aromatic N) is 3. The van der Waals surface area contributed by atoms with Gasteiger partial charge in [0.25, 0.3) is 11.5 Å². The highest BCUT2D eigenvalue weighted by molar-refractivity contribution is 7.16. The van der Waals surface area contributed by atoms with Crippen LogP contribution in [0.1, 0.15) is 27.2 Å². The first-order chi connectivity index (χ1) is 11.5. The maximum absolute atomic E-state index is 12.9. The van der Waals surface area contributed by atoms with Crippen molar-refractivity contribution in [1.29, 1.82) is 0 Å². The molecule has 0 unspecified atom stereocenters. The first-order valence-electron chi connectivity index (χ1n) is 7.46. The molecule has 24 heavy (non-hydrogen) atoms. The topological polar surface area (TPSA) is 55.2 Å². The van der Waals surface area contributed by atoms with E-state index in [1.807, 2.05) is 19.1 Å². The zero-order chi connectivity index (χ0) is 17.0. The molecule has 0 N–H and O–H groups in total. The van der Waals surface area contributed by atoms with Crippen molar-refractivity contribution in [2.24, 2.45) is 7.05 Å². The first kappa shape index (κ1) is 15.4. The van der Waals surface area contributed by atoms with Crippen LogP contribution in [0.5, 0.6) is 0 Å². The molecule has 1 amide bonds. The minimum absolute atomic E-state index is 0.0514. The van der Waals surface area contributed by atoms with Gasteiger partial charge >= 0.3 is 0 Å². The van der Waals surface area contributed by atoms with E-state index in [4.69, 9.17) is 11.6 Å². The van der Waals surface area contributed by atoms with Gasteiger partial charge in [-0.05, 0) is 36.2 Å². The molecule has 1 aliphatic rings. The third-order valence-corrected chi connectivity index (χ3v) is 5.82. The molecular weight excluding hydrogens is 346 g/mol. The van der Waals surface area contributed by atoms with E-state index in [0.717, 1.165) is 27.0 Å². The zero-order valence-corrected chi connectivity index (χ0v) is 14.7. The molecule has 4 rings (SSSR count). The second-order valence-electron chi connectivity index (χ2n) is 5.92. The number of halogens is 1. The fraction of sp³-hybridized carbons (Fsp3) is 0.235. The van der Waals surface area contributed by atoms with E-state index in [-0.39, 0.29) is 16.5 Å². The maximum atomic E-state index is 12.9. The van der Waals surface area contributed by atoms with Gasteiger partial charge in [-0.1, -0.05) is 11.6 Å². The summed E-state index contributed by atoms with van der Waals surface area (Å²) in [4.78, 5) is 31.0. The molecule has 0 bridgehead atoms. The van der Waals surface area contributed by atoms with Crippen molar-refractivity contribution in [2.45, 2.75) is 20.0 Å². The van der Waals surface area contributed by atoms with E-state index in [1.165, 1.54) is 11.3 Å². The molecule has 122 valence electrons. The third kappa shape index (κ3) is 2.17. The molecule has 0 spiro atoms. The average Bonchev–Trinajstić information content (AvgIpc) is 3.23. The number of carbonyl (C=O) groups excluding carboxylic acids is 1. The Morgan fingerprint density at radius 1 is 1.33 bits per heavy atom. The SMILES string of the molecule is Cc1c2c(n(C)c(=O)c1Cl)CN(C(=O)c1ccc3ncsc3c1)C2. The summed E-state index contributed by atoms with van der Waals surface area (Å²) < 4.78 is 2.54. The summed E-state index contributed by atoms with van der Waals surface area (Å²) in [5.74, 6) is -0.0514. The van der Waals surface area contributed by atoms with Crippen molar-refractivity contribution in [1.82, 2.24) is 14.5 Å². The number of hydrogen-bond acceptors (Lipinski definition) is 4. The molecule has 3 heterocycles. The van der Waals surface area contributed by atoms with E-state index >= 15 is 0 Å². The van der Waals surface area contributed by atoms with Crippen molar-refractivity contribution >= 4 is 39.1 Å². The summed E-state index contributed by atoms with van der Waals surface area (Å²) in [5, 5.41) is 0.233. The first-order valence-corrected chi connectivity index (χ1v) is 8.72. The van der Waals surface area contributed by atoms with Crippen LogP contribution >= 0.6 is 22.9 Å². The van der Waals surface area contributed by atoms with Crippen LogP contribution in [0.25, 0.3) is 10.2 Å². The van der Waals surface area contributed by atoms with Crippen molar-refractivity contribution in [3.05, 3.63) is 61.5 Å². The van der Waals surface area contributed by atoms with Crippen LogP contribution in [-0.4, -0.2) is 20.4 Å². The van der Waals surface area contributed by atoms with Gasteiger partial charge in [-0.15, -0.1) is 11.3 Å². The molecule has 0 radical (unpaired) electrons. The summed E-state index contributed by atoms with van der Waals surface area (Å²) in [6, 6.07) is 5.53. The molecule has 1 aliphatic heterocycles. The molecule has 0 fully saturated rings. The molecule has 5 nitrogen and oxygen atoms in total. The van der Waals surface area contributed by atoms with Gasteiger partial charge in [0.1, 0.15) is 5.02 Å². The molecule has 7 heteroatoms. The molecular formula is C17H14ClN3O2S. The Labute approximate surface area is 147 Å². The van der Waals surface area contributed by atoms with Crippen LogP contribution in [0.4, 0.5) is 0 Å². The number of rotatable bonds is 1. The summed E-state index contributed by atoms with van der Waals surface area (Å²) in [5.41, 5.74) is 5.67. The number of hydrogen-bond donors (Lipinski definition) is 0. The molecule has 0 aliphatic carbocycles. The quantitative estimate of drug-likeness (QED) is 0.670. The van der Waals surface area contributed by atoms with Crippen LogP contribution in [0.15, 0.2) is 28.5 Å². The lowest BCUT2D eigenvalue weighted by molar-refractivity contribution is 0.0749. The largest absolute Gasteiger partial charge is 0.328 e. The van der Waals surface area contributed by atoms with Crippen LogP contribution in [-0.2, 0) is 20.1 Å². The molecule has 2 aromatic heterocycles. The van der Waals surface area contributed by atoms with Crippen LogP contribution in [0.3, 0.4) is 0 Å². The summed E-state index contributed by atoms with van der Waals surface area (Å²) in [6.45, 7) is 2.72. The normalized spacial score (nSPS) is 13.5. The van der Waals surface area contributed by atoms with Gasteiger partial charge in [0.15, 0.2) is 0 Å². The van der Waals surface area contributed by atoms with Crippen LogP contribution < -0.4 is 5.56 Å². The summed E-state index contributed by atoms with van der Waals surface area (Å²) in [7, 11) is 1.70. The Morgan fingerprint density at radius 3 is 2.92 bits per heavy atom. The number of aromatic nitrogens is 2. The highest BCUT2D eigenvalue weighted by Gasteiger charge is 2.29. The van der Waals surface area contributed by atoms with Crippen molar-refractivity contribution < 1.29 is 4.79 Å². The van der Waals surface area contributed by atoms with Gasteiger partial charge in [-0.2, -0.15) is 0 Å². The van der Waals surface area contributed by atoms with Gasteiger partial charge in [-0.25, -0.2) is 4.98 Å². The highest BCUT2D eigenvalue weighted by atomic mass is 35.5. The van der Waals surface area contributed by atoms with Gasteiger partial charge in [0.05, 0.1) is 22.3 Å². The summed E-state index contributed by atoms with van der Waals surface area (Å²) >= 11 is 7.63. The van der Waals surface area contributed by atoms with E-state index in [0.29, 0.717) is 18.7 Å². The predicted octanol–water partition coefficient (Wildman–Crippen LogP) is 3.11. The maximum Gasteiger partial charge on any atom is 0.269 e. The van der Waals surface area contributed by atoms with Crippen LogP contribution in [0.2, 0.25) is 5.02 Å². The Kier molecular flexibility index (Phi) is 3.47. The smallest absolute Gasteiger partial charge is 0.269 e. The summed E-state index contributed by atoms with van der Waals surface area (Å²) in [6.07, 6.45) is 0. The fourth-order valence-corrected chi connectivity index (χ4v) is 4.09. The molecule has 1 aromatic carbocycles. The van der Waals surface area contributed by atoms with Gasteiger partial charge in [-0.3, -0.25) is 9.59 Å². The molecule has 0 saturated heterocycles. The lowest BCUT2D eigenvalue weighted by atomic mass is 10.1. The third-order valence-electron chi connectivity index (χ3n) is 4.58. The Morgan fingerprint density at radius 2 is 2.12 bits per heavy atom. The van der Waals surface area contributed by atoms with Crippen molar-refractivity contribution in [2.75, 3.05) is 0 Å². The van der Waals surface area contributed by atoms with E-state index in [2.05, 4.69) is 4.98 Å². The second kappa shape index (κ2) is 5.43. The van der Waals surface area contributed by atoms with Crippen LogP contribution in [0, 0.1) is 6.92 Å². The number of pyridine rings is 1. The van der Waals surface area contributed by atoms with Gasteiger partial charge < -0.3 is 9.47 Å². The van der Waals surface area contributed by atoms with E-state index in [9.17, 15) is 9.59 Å². The molecule has 0 atom stereocenters. The number of benzene rings is 1. The lowest BCUT2D eigenvalue weighted by Crippen LogP contribution is -2.26. The Bertz CT molecular complexity index is 1050. The standard InChI is InChI=1S/C17H14ClN3O2S/c1-9-11-6-21(7-13(11)20(2)17(23)15(9)18)16(22)10-3-4-12-14(5-10)24-8-19-12/h3-5,8H,6-7H2,1-2H3. The zero-order valence-electron chi connectivity index (χ0n) is 13.2. The fourth-order valence-electron chi connectivity index (χ4n) is 3.13. The Hall–Kier alpha value is -2.18. The highest BCUT2D eigenvalue weighted by Crippen LogP contribution is 2.29.